The van der Waals surface area contributed by atoms with Gasteiger partial charge in [-0.05, 0) is 64.8 Å². The second-order valence-corrected chi connectivity index (χ2v) is 6.95. The smallest absolute Gasteiger partial charge is 0.0648 e. The van der Waals surface area contributed by atoms with Crippen molar-refractivity contribution in [2.45, 2.75) is 52.2 Å². The van der Waals surface area contributed by atoms with Crippen LogP contribution in [0.25, 0.3) is 0 Å². The fourth-order valence-corrected chi connectivity index (χ4v) is 2.83. The highest BCUT2D eigenvalue weighted by Crippen LogP contribution is 2.29. The van der Waals surface area contributed by atoms with Gasteiger partial charge < -0.3 is 15.0 Å². The van der Waals surface area contributed by atoms with Gasteiger partial charge in [-0.1, -0.05) is 12.1 Å². The molecule has 1 N–H and O–H groups in total. The number of nitrogens with zero attached hydrogens (tertiary/aromatic N) is 1. The Labute approximate surface area is 129 Å². The molecular formula is C18H30N2O. The zero-order valence-electron chi connectivity index (χ0n) is 14.2. The Kier molecular flexibility index (Phi) is 5.28. The van der Waals surface area contributed by atoms with Crippen molar-refractivity contribution >= 4 is 5.69 Å². The standard InChI is InChI=1S/C18H30N2O/c1-14(19-5)15-8-9-17-16(13-15)7-6-10-20(17)11-12-21-18(2,3)4/h8-9,13-14,19H,6-7,10-12H2,1-5H3. The summed E-state index contributed by atoms with van der Waals surface area (Å²) in [6, 6.07) is 7.32. The summed E-state index contributed by atoms with van der Waals surface area (Å²) >= 11 is 0. The van der Waals surface area contributed by atoms with E-state index in [2.05, 4.69) is 56.1 Å². The number of nitrogens with one attached hydrogen (secondary N) is 1. The minimum atomic E-state index is -0.0509. The van der Waals surface area contributed by atoms with Gasteiger partial charge in [0.1, 0.15) is 0 Å². The third kappa shape index (κ3) is 4.45. The molecule has 1 aromatic rings. The quantitative estimate of drug-likeness (QED) is 0.898. The molecule has 1 aliphatic heterocycles. The van der Waals surface area contributed by atoms with Crippen LogP contribution in [0.15, 0.2) is 18.2 Å². The largest absolute Gasteiger partial charge is 0.374 e. The Morgan fingerprint density at radius 1 is 1.33 bits per heavy atom. The molecule has 1 aromatic carbocycles. The Morgan fingerprint density at radius 2 is 2.10 bits per heavy atom. The minimum Gasteiger partial charge on any atom is -0.374 e. The first-order chi connectivity index (χ1) is 9.90. The van der Waals surface area contributed by atoms with Crippen LogP contribution in [0.5, 0.6) is 0 Å². The van der Waals surface area contributed by atoms with E-state index in [-0.39, 0.29) is 5.60 Å². The SMILES string of the molecule is CNC(C)c1ccc2c(c1)CCCN2CCOC(C)(C)C. The first-order valence-electron chi connectivity index (χ1n) is 8.10. The predicted octanol–water partition coefficient (Wildman–Crippen LogP) is 3.53. The molecule has 0 saturated heterocycles. The van der Waals surface area contributed by atoms with Gasteiger partial charge in [-0.2, -0.15) is 0 Å². The molecule has 2 rings (SSSR count). The van der Waals surface area contributed by atoms with E-state index in [0.717, 1.165) is 19.7 Å². The van der Waals surface area contributed by atoms with Crippen LogP contribution in [0.3, 0.4) is 0 Å². The first kappa shape index (κ1) is 16.3. The highest BCUT2D eigenvalue weighted by atomic mass is 16.5. The van der Waals surface area contributed by atoms with Crippen LogP contribution >= 0.6 is 0 Å². The molecule has 3 nitrogen and oxygen atoms in total. The van der Waals surface area contributed by atoms with E-state index in [1.807, 2.05) is 7.05 Å². The van der Waals surface area contributed by atoms with Crippen LogP contribution in [0.1, 0.15) is 51.3 Å². The van der Waals surface area contributed by atoms with Crippen molar-refractivity contribution < 1.29 is 4.74 Å². The maximum atomic E-state index is 5.87. The van der Waals surface area contributed by atoms with Crippen LogP contribution in [-0.4, -0.2) is 32.3 Å². The molecular weight excluding hydrogens is 260 g/mol. The molecule has 0 bridgehead atoms. The molecule has 1 atom stereocenters. The predicted molar refractivity (Wildman–Crippen MR) is 90.2 cm³/mol. The molecule has 118 valence electrons. The van der Waals surface area contributed by atoms with Crippen molar-refractivity contribution in [2.24, 2.45) is 0 Å². The highest BCUT2D eigenvalue weighted by molar-refractivity contribution is 5.57. The lowest BCUT2D eigenvalue weighted by atomic mass is 9.97. The zero-order valence-corrected chi connectivity index (χ0v) is 14.2. The van der Waals surface area contributed by atoms with E-state index >= 15 is 0 Å². The lowest BCUT2D eigenvalue weighted by Crippen LogP contribution is -2.34. The van der Waals surface area contributed by atoms with Crippen LogP contribution in [-0.2, 0) is 11.2 Å². The summed E-state index contributed by atoms with van der Waals surface area (Å²) in [5.74, 6) is 0. The number of hydrogen-bond donors (Lipinski definition) is 1. The van der Waals surface area contributed by atoms with Crippen molar-refractivity contribution in [2.75, 3.05) is 31.6 Å². The van der Waals surface area contributed by atoms with Gasteiger partial charge in [-0.15, -0.1) is 0 Å². The second-order valence-electron chi connectivity index (χ2n) is 6.95. The average Bonchev–Trinajstić information content (AvgIpc) is 2.44. The van der Waals surface area contributed by atoms with Crippen LogP contribution in [0.2, 0.25) is 0 Å². The van der Waals surface area contributed by atoms with Gasteiger partial charge in [-0.3, -0.25) is 0 Å². The van der Waals surface area contributed by atoms with Crippen LogP contribution in [0.4, 0.5) is 5.69 Å². The normalized spacial score (nSPS) is 16.7. The number of ether oxygens (including phenoxy) is 1. The van der Waals surface area contributed by atoms with Crippen molar-refractivity contribution in [3.63, 3.8) is 0 Å². The maximum Gasteiger partial charge on any atom is 0.0648 e. The Balaban J connectivity index is 2.05. The number of aryl methyl sites for hydroxylation is 1. The number of benzene rings is 1. The Morgan fingerprint density at radius 3 is 2.76 bits per heavy atom. The topological polar surface area (TPSA) is 24.5 Å². The van der Waals surface area contributed by atoms with Gasteiger partial charge in [0, 0.05) is 24.8 Å². The number of hydrogen-bond acceptors (Lipinski definition) is 3. The summed E-state index contributed by atoms with van der Waals surface area (Å²) < 4.78 is 5.87. The Hall–Kier alpha value is -1.06. The zero-order chi connectivity index (χ0) is 15.5. The molecule has 0 spiro atoms. The van der Waals surface area contributed by atoms with Crippen LogP contribution in [0, 0.1) is 0 Å². The third-order valence-corrected chi connectivity index (χ3v) is 4.15. The Bertz CT molecular complexity index is 465. The molecule has 1 heterocycles. The first-order valence-corrected chi connectivity index (χ1v) is 8.10. The molecule has 0 aromatic heterocycles. The summed E-state index contributed by atoms with van der Waals surface area (Å²) in [4.78, 5) is 2.47. The summed E-state index contributed by atoms with van der Waals surface area (Å²) in [5, 5.41) is 3.32. The monoisotopic (exact) mass is 290 g/mol. The fourth-order valence-electron chi connectivity index (χ4n) is 2.83. The summed E-state index contributed by atoms with van der Waals surface area (Å²) in [7, 11) is 2.01. The van der Waals surface area contributed by atoms with E-state index in [1.54, 1.807) is 0 Å². The van der Waals surface area contributed by atoms with Crippen molar-refractivity contribution in [3.8, 4) is 0 Å². The summed E-state index contributed by atoms with van der Waals surface area (Å²) in [6.45, 7) is 11.5. The highest BCUT2D eigenvalue weighted by Gasteiger charge is 2.19. The lowest BCUT2D eigenvalue weighted by Gasteiger charge is -2.33. The summed E-state index contributed by atoms with van der Waals surface area (Å²) in [5.41, 5.74) is 4.21. The second kappa shape index (κ2) is 6.80. The van der Waals surface area contributed by atoms with Crippen molar-refractivity contribution in [3.05, 3.63) is 29.3 Å². The van der Waals surface area contributed by atoms with Gasteiger partial charge >= 0.3 is 0 Å². The molecule has 0 radical (unpaired) electrons. The van der Waals surface area contributed by atoms with E-state index in [4.69, 9.17) is 4.74 Å². The molecule has 0 aliphatic carbocycles. The molecule has 21 heavy (non-hydrogen) atoms. The number of rotatable bonds is 5. The molecule has 0 saturated carbocycles. The molecule has 1 unspecified atom stereocenters. The third-order valence-electron chi connectivity index (χ3n) is 4.15. The van der Waals surface area contributed by atoms with Gasteiger partial charge in [0.15, 0.2) is 0 Å². The fraction of sp³-hybridized carbons (Fsp3) is 0.667. The average molecular weight is 290 g/mol. The van der Waals surface area contributed by atoms with Gasteiger partial charge in [-0.25, -0.2) is 0 Å². The van der Waals surface area contributed by atoms with Crippen LogP contribution < -0.4 is 10.2 Å². The minimum absolute atomic E-state index is 0.0509. The molecule has 0 amide bonds. The van der Waals surface area contributed by atoms with E-state index in [1.165, 1.54) is 29.7 Å². The number of anilines is 1. The molecule has 0 fully saturated rings. The number of fused-ring (bicyclic) bond motifs is 1. The maximum absolute atomic E-state index is 5.87. The van der Waals surface area contributed by atoms with Gasteiger partial charge in [0.05, 0.1) is 12.2 Å². The lowest BCUT2D eigenvalue weighted by molar-refractivity contribution is 0.00128. The van der Waals surface area contributed by atoms with Crippen molar-refractivity contribution in [1.82, 2.24) is 5.32 Å². The molecule has 3 heteroatoms. The van der Waals surface area contributed by atoms with E-state index in [0.29, 0.717) is 6.04 Å². The van der Waals surface area contributed by atoms with Crippen molar-refractivity contribution in [1.29, 1.82) is 0 Å². The van der Waals surface area contributed by atoms with E-state index in [9.17, 15) is 0 Å². The van der Waals surface area contributed by atoms with Gasteiger partial charge in [0.25, 0.3) is 0 Å². The molecule has 1 aliphatic rings. The van der Waals surface area contributed by atoms with Gasteiger partial charge in [0.2, 0.25) is 0 Å². The summed E-state index contributed by atoms with van der Waals surface area (Å²) in [6.07, 6.45) is 2.43. The van der Waals surface area contributed by atoms with E-state index < -0.39 is 0 Å².